The van der Waals surface area contributed by atoms with Crippen LogP contribution in [-0.4, -0.2) is 47.8 Å². The first kappa shape index (κ1) is 26.7. The molecule has 2 aliphatic rings. The van der Waals surface area contributed by atoms with E-state index in [-0.39, 0.29) is 17.4 Å². The summed E-state index contributed by atoms with van der Waals surface area (Å²) in [4.78, 5) is 7.17. The summed E-state index contributed by atoms with van der Waals surface area (Å²) in [5.74, 6) is 2.23. The van der Waals surface area contributed by atoms with E-state index in [2.05, 4.69) is 22.2 Å². The van der Waals surface area contributed by atoms with Crippen LogP contribution < -0.4 is 10.5 Å². The zero-order valence-electron chi connectivity index (χ0n) is 21.7. The Bertz CT molecular complexity index is 1200. The van der Waals surface area contributed by atoms with E-state index in [1.165, 1.54) is 17.7 Å². The normalized spacial score (nSPS) is 19.5. The van der Waals surface area contributed by atoms with Gasteiger partial charge < -0.3 is 15.0 Å². The predicted molar refractivity (Wildman–Crippen MR) is 138 cm³/mol. The number of aromatic nitrogens is 2. The van der Waals surface area contributed by atoms with E-state index in [4.69, 9.17) is 20.0 Å². The maximum atomic E-state index is 13.2. The monoisotopic (exact) mass is 528 g/mol. The summed E-state index contributed by atoms with van der Waals surface area (Å²) >= 11 is 0. The number of ether oxygens (including phenoxy) is 1. The molecular weight excluding hydrogens is 493 g/mol. The standard InChI is InChI=1S/C29H35F3N4O2/c1-37-25-9-7-22(8-10-25)28(13-2-3-14-28)27-34-26(38-35-27)18-24(19-33)36-15-11-20(12-16-36)21-5-4-6-23(17-21)29(30,31)32/h4-10,17,20,24H,2-3,11-16,18-19,33H2,1H3. The van der Waals surface area contributed by atoms with Crippen LogP contribution in [0.2, 0.25) is 0 Å². The Balaban J connectivity index is 1.25. The molecule has 1 atom stereocenters. The first-order valence-electron chi connectivity index (χ1n) is 13.4. The Morgan fingerprint density at radius 2 is 1.82 bits per heavy atom. The van der Waals surface area contributed by atoms with Crippen molar-refractivity contribution in [1.82, 2.24) is 15.0 Å². The van der Waals surface area contributed by atoms with Gasteiger partial charge in [-0.15, -0.1) is 0 Å². The minimum absolute atomic E-state index is 0.0336. The Morgan fingerprint density at radius 1 is 1.11 bits per heavy atom. The van der Waals surface area contributed by atoms with Crippen LogP contribution in [0.5, 0.6) is 5.75 Å². The van der Waals surface area contributed by atoms with E-state index in [0.29, 0.717) is 18.9 Å². The van der Waals surface area contributed by atoms with Crippen molar-refractivity contribution in [3.8, 4) is 5.75 Å². The number of hydrogen-bond donors (Lipinski definition) is 1. The molecule has 2 fully saturated rings. The van der Waals surface area contributed by atoms with Gasteiger partial charge in [0.25, 0.3) is 0 Å². The zero-order chi connectivity index (χ0) is 26.8. The Morgan fingerprint density at radius 3 is 2.45 bits per heavy atom. The van der Waals surface area contributed by atoms with Gasteiger partial charge in [-0.2, -0.15) is 18.2 Å². The van der Waals surface area contributed by atoms with Crippen molar-refractivity contribution in [1.29, 1.82) is 0 Å². The third kappa shape index (κ3) is 5.45. The van der Waals surface area contributed by atoms with E-state index >= 15 is 0 Å². The van der Waals surface area contributed by atoms with Crippen molar-refractivity contribution in [3.05, 3.63) is 76.9 Å². The number of methoxy groups -OCH3 is 1. The number of piperidine rings is 1. The summed E-state index contributed by atoms with van der Waals surface area (Å²) in [6.45, 7) is 1.97. The number of benzene rings is 2. The quantitative estimate of drug-likeness (QED) is 0.404. The average Bonchev–Trinajstić information content (AvgIpc) is 3.62. The summed E-state index contributed by atoms with van der Waals surface area (Å²) in [6.07, 6.45) is 1.97. The minimum Gasteiger partial charge on any atom is -0.497 e. The zero-order valence-corrected chi connectivity index (χ0v) is 21.7. The summed E-state index contributed by atoms with van der Waals surface area (Å²) in [5, 5.41) is 4.43. The summed E-state index contributed by atoms with van der Waals surface area (Å²) in [7, 11) is 1.66. The molecule has 38 heavy (non-hydrogen) atoms. The highest BCUT2D eigenvalue weighted by Gasteiger charge is 2.42. The molecule has 2 N–H and O–H groups in total. The second kappa shape index (κ2) is 11.1. The molecule has 5 rings (SSSR count). The van der Waals surface area contributed by atoms with Crippen molar-refractivity contribution in [3.63, 3.8) is 0 Å². The molecule has 1 saturated heterocycles. The van der Waals surface area contributed by atoms with Crippen molar-refractivity contribution in [2.45, 2.75) is 68.5 Å². The highest BCUT2D eigenvalue weighted by atomic mass is 19.4. The predicted octanol–water partition coefficient (Wildman–Crippen LogP) is 5.71. The molecule has 0 bridgehead atoms. The lowest BCUT2D eigenvalue weighted by molar-refractivity contribution is -0.137. The van der Waals surface area contributed by atoms with E-state index in [0.717, 1.165) is 74.8 Å². The Labute approximate surface area is 221 Å². The van der Waals surface area contributed by atoms with E-state index in [9.17, 15) is 13.2 Å². The molecular formula is C29H35F3N4O2. The summed E-state index contributed by atoms with van der Waals surface area (Å²) < 4.78 is 50.6. The molecule has 0 amide bonds. The van der Waals surface area contributed by atoms with Gasteiger partial charge in [-0.1, -0.05) is 48.3 Å². The maximum Gasteiger partial charge on any atom is 0.416 e. The van der Waals surface area contributed by atoms with Gasteiger partial charge in [-0.05, 0) is 74.0 Å². The lowest BCUT2D eigenvalue weighted by Crippen LogP contribution is -2.46. The van der Waals surface area contributed by atoms with Gasteiger partial charge in [0.05, 0.1) is 18.1 Å². The number of rotatable bonds is 8. The number of likely N-dealkylation sites (tertiary alicyclic amines) is 1. The molecule has 3 aromatic rings. The third-order valence-corrected chi connectivity index (χ3v) is 8.41. The molecule has 1 saturated carbocycles. The highest BCUT2D eigenvalue weighted by molar-refractivity contribution is 5.38. The van der Waals surface area contributed by atoms with E-state index < -0.39 is 11.7 Å². The van der Waals surface area contributed by atoms with Gasteiger partial charge in [-0.3, -0.25) is 4.90 Å². The van der Waals surface area contributed by atoms with Gasteiger partial charge >= 0.3 is 6.18 Å². The highest BCUT2D eigenvalue weighted by Crippen LogP contribution is 2.45. The minimum atomic E-state index is -4.32. The van der Waals surface area contributed by atoms with Gasteiger partial charge in [0.1, 0.15) is 5.75 Å². The Hall–Kier alpha value is -2.91. The molecule has 9 heteroatoms. The number of nitrogens with two attached hydrogens (primary N) is 1. The van der Waals surface area contributed by atoms with Gasteiger partial charge in [0.15, 0.2) is 5.82 Å². The number of nitrogens with zero attached hydrogens (tertiary/aromatic N) is 3. The first-order valence-corrected chi connectivity index (χ1v) is 13.4. The fraction of sp³-hybridized carbons (Fsp3) is 0.517. The second-order valence-corrected chi connectivity index (χ2v) is 10.6. The second-order valence-electron chi connectivity index (χ2n) is 10.6. The van der Waals surface area contributed by atoms with Crippen molar-refractivity contribution in [2.75, 3.05) is 26.7 Å². The molecule has 1 aliphatic carbocycles. The van der Waals surface area contributed by atoms with Gasteiger partial charge in [0.2, 0.25) is 5.89 Å². The molecule has 1 aromatic heterocycles. The fourth-order valence-corrected chi connectivity index (χ4v) is 6.19. The number of alkyl halides is 3. The number of hydrogen-bond acceptors (Lipinski definition) is 6. The first-order chi connectivity index (χ1) is 18.3. The van der Waals surface area contributed by atoms with Crippen LogP contribution in [0.25, 0.3) is 0 Å². The van der Waals surface area contributed by atoms with Crippen molar-refractivity contribution < 1.29 is 22.4 Å². The van der Waals surface area contributed by atoms with E-state index in [1.54, 1.807) is 13.2 Å². The molecule has 0 spiro atoms. The molecule has 0 radical (unpaired) electrons. The lowest BCUT2D eigenvalue weighted by Gasteiger charge is -2.37. The van der Waals surface area contributed by atoms with Crippen LogP contribution in [0.15, 0.2) is 53.1 Å². The molecule has 2 aromatic carbocycles. The van der Waals surface area contributed by atoms with Crippen LogP contribution in [0, 0.1) is 0 Å². The SMILES string of the molecule is COc1ccc(C2(c3noc(CC(CN)N4CCC(c5cccc(C(F)(F)F)c5)CC4)n3)CCCC2)cc1. The van der Waals surface area contributed by atoms with Crippen LogP contribution in [0.4, 0.5) is 13.2 Å². The lowest BCUT2D eigenvalue weighted by atomic mass is 9.78. The third-order valence-electron chi connectivity index (χ3n) is 8.41. The van der Waals surface area contributed by atoms with Crippen LogP contribution in [0.1, 0.15) is 72.8 Å². The van der Waals surface area contributed by atoms with Gasteiger partial charge in [-0.25, -0.2) is 0 Å². The molecule has 2 heterocycles. The number of halogens is 3. The summed E-state index contributed by atoms with van der Waals surface area (Å²) in [6, 6.07) is 13.9. The average molecular weight is 529 g/mol. The van der Waals surface area contributed by atoms with E-state index in [1.807, 2.05) is 12.1 Å². The Kier molecular flexibility index (Phi) is 7.77. The molecule has 1 aliphatic heterocycles. The molecule has 204 valence electrons. The molecule has 6 nitrogen and oxygen atoms in total. The topological polar surface area (TPSA) is 77.4 Å². The smallest absolute Gasteiger partial charge is 0.416 e. The maximum absolute atomic E-state index is 13.2. The van der Waals surface area contributed by atoms with Crippen molar-refractivity contribution in [2.24, 2.45) is 5.73 Å². The van der Waals surface area contributed by atoms with Crippen LogP contribution in [0.3, 0.4) is 0 Å². The van der Waals surface area contributed by atoms with Gasteiger partial charge in [0, 0.05) is 19.0 Å². The molecule has 1 unspecified atom stereocenters. The fourth-order valence-electron chi connectivity index (χ4n) is 6.19. The van der Waals surface area contributed by atoms with Crippen LogP contribution in [-0.2, 0) is 18.0 Å². The largest absolute Gasteiger partial charge is 0.497 e. The summed E-state index contributed by atoms with van der Waals surface area (Å²) in [5.41, 5.74) is 7.26. The van der Waals surface area contributed by atoms with Crippen molar-refractivity contribution >= 4 is 0 Å². The van der Waals surface area contributed by atoms with Crippen LogP contribution >= 0.6 is 0 Å².